The molecule has 0 saturated carbocycles. The summed E-state index contributed by atoms with van der Waals surface area (Å²) in [5, 5.41) is 0. The maximum atomic E-state index is 4.75. The third-order valence-corrected chi connectivity index (χ3v) is 3.25. The van der Waals surface area contributed by atoms with Crippen LogP contribution < -0.4 is 0 Å². The molecule has 0 aromatic carbocycles. The molecule has 0 N–H and O–H groups in total. The van der Waals surface area contributed by atoms with Crippen LogP contribution in [0.15, 0.2) is 0 Å². The van der Waals surface area contributed by atoms with Crippen LogP contribution in [0.1, 0.15) is 48.1 Å². The zero-order chi connectivity index (χ0) is 12.7. The summed E-state index contributed by atoms with van der Waals surface area (Å²) in [4.78, 5) is 13.7. The Labute approximate surface area is 102 Å². The molecule has 0 aliphatic heterocycles. The number of nitrogens with zero attached hydrogens (tertiary/aromatic N) is 3. The summed E-state index contributed by atoms with van der Waals surface area (Å²) in [5.74, 6) is 1.25. The van der Waals surface area contributed by atoms with Gasteiger partial charge in [0.05, 0.1) is 11.2 Å². The first-order valence-electron chi connectivity index (χ1n) is 6.04. The molecule has 0 fully saturated rings. The van der Waals surface area contributed by atoms with Crippen molar-refractivity contribution in [2.75, 3.05) is 0 Å². The van der Waals surface area contributed by atoms with Crippen molar-refractivity contribution in [1.29, 1.82) is 0 Å². The molecule has 3 heteroatoms. The van der Waals surface area contributed by atoms with E-state index in [0.29, 0.717) is 5.92 Å². The highest BCUT2D eigenvalue weighted by Gasteiger charge is 2.14. The number of rotatable bonds is 1. The van der Waals surface area contributed by atoms with Gasteiger partial charge in [-0.1, -0.05) is 13.8 Å². The lowest BCUT2D eigenvalue weighted by atomic mass is 9.99. The number of aromatic nitrogens is 3. The van der Waals surface area contributed by atoms with Gasteiger partial charge in [0.2, 0.25) is 0 Å². The second-order valence-corrected chi connectivity index (χ2v) is 4.96. The number of aryl methyl sites for hydroxylation is 3. The molecule has 90 valence electrons. The van der Waals surface area contributed by atoms with Crippen LogP contribution in [0, 0.1) is 27.7 Å². The van der Waals surface area contributed by atoms with Crippen molar-refractivity contribution in [2.45, 2.75) is 47.5 Å². The number of fused-ring (bicyclic) bond motifs is 1. The van der Waals surface area contributed by atoms with Gasteiger partial charge in [0.15, 0.2) is 0 Å². The number of pyridine rings is 1. The Morgan fingerprint density at radius 3 is 2.00 bits per heavy atom. The fourth-order valence-electron chi connectivity index (χ4n) is 2.24. The molecule has 0 bridgehead atoms. The third-order valence-electron chi connectivity index (χ3n) is 3.25. The fourth-order valence-corrected chi connectivity index (χ4v) is 2.24. The van der Waals surface area contributed by atoms with Crippen molar-refractivity contribution in [1.82, 2.24) is 15.0 Å². The van der Waals surface area contributed by atoms with E-state index in [1.54, 1.807) is 0 Å². The predicted octanol–water partition coefficient (Wildman–Crippen LogP) is 3.38. The van der Waals surface area contributed by atoms with Gasteiger partial charge in [-0.05, 0) is 44.7 Å². The fraction of sp³-hybridized carbons (Fsp3) is 0.500. The van der Waals surface area contributed by atoms with Crippen LogP contribution >= 0.6 is 0 Å². The molecule has 2 heterocycles. The smallest absolute Gasteiger partial charge is 0.126 e. The van der Waals surface area contributed by atoms with E-state index in [4.69, 9.17) is 4.98 Å². The Kier molecular flexibility index (Phi) is 2.86. The highest BCUT2D eigenvalue weighted by atomic mass is 14.9. The van der Waals surface area contributed by atoms with Crippen LogP contribution in [-0.4, -0.2) is 15.0 Å². The second kappa shape index (κ2) is 4.06. The van der Waals surface area contributed by atoms with Crippen LogP contribution in [0.3, 0.4) is 0 Å². The zero-order valence-corrected chi connectivity index (χ0v) is 11.4. The van der Waals surface area contributed by atoms with Crippen LogP contribution in [0.25, 0.3) is 11.0 Å². The largest absolute Gasteiger partial charge is 0.249 e. The Hall–Kier alpha value is -1.51. The monoisotopic (exact) mass is 229 g/mol. The average molecular weight is 229 g/mol. The van der Waals surface area contributed by atoms with E-state index in [2.05, 4.69) is 37.7 Å². The highest BCUT2D eigenvalue weighted by Crippen LogP contribution is 2.26. The Morgan fingerprint density at radius 1 is 0.765 bits per heavy atom. The van der Waals surface area contributed by atoms with Gasteiger partial charge in [0, 0.05) is 5.69 Å². The molecule has 0 unspecified atom stereocenters. The third kappa shape index (κ3) is 1.90. The van der Waals surface area contributed by atoms with Gasteiger partial charge in [-0.15, -0.1) is 0 Å². The molecule has 2 aromatic rings. The molecule has 0 atom stereocenters. The van der Waals surface area contributed by atoms with Gasteiger partial charge in [0.25, 0.3) is 0 Å². The van der Waals surface area contributed by atoms with Crippen LogP contribution in [0.5, 0.6) is 0 Å². The Balaban J connectivity index is 2.91. The molecular weight excluding hydrogens is 210 g/mol. The van der Waals surface area contributed by atoms with E-state index in [0.717, 1.165) is 28.2 Å². The molecule has 2 rings (SSSR count). The Bertz CT molecular complexity index is 586. The van der Waals surface area contributed by atoms with Gasteiger partial charge in [-0.25, -0.2) is 15.0 Å². The van der Waals surface area contributed by atoms with Gasteiger partial charge in [0.1, 0.15) is 11.3 Å². The lowest BCUT2D eigenvalue weighted by Crippen LogP contribution is -2.04. The molecule has 0 aliphatic rings. The van der Waals surface area contributed by atoms with Crippen molar-refractivity contribution in [2.24, 2.45) is 0 Å². The SMILES string of the molecule is Cc1nc(C)c2nc(C(C)C)c(C)c(C)c2n1. The van der Waals surface area contributed by atoms with Gasteiger partial charge in [-0.2, -0.15) is 0 Å². The zero-order valence-electron chi connectivity index (χ0n) is 11.4. The van der Waals surface area contributed by atoms with Crippen LogP contribution in [0.2, 0.25) is 0 Å². The van der Waals surface area contributed by atoms with E-state index < -0.39 is 0 Å². The first kappa shape index (κ1) is 12.0. The van der Waals surface area contributed by atoms with Crippen LogP contribution in [0.4, 0.5) is 0 Å². The standard InChI is InChI=1S/C14H19N3/c1-7(2)12-8(3)9(4)13-14(17-12)10(5)15-11(6)16-13/h7H,1-6H3. The molecular formula is C14H19N3. The summed E-state index contributed by atoms with van der Waals surface area (Å²) < 4.78 is 0. The summed E-state index contributed by atoms with van der Waals surface area (Å²) >= 11 is 0. The topological polar surface area (TPSA) is 38.7 Å². The normalized spacial score (nSPS) is 11.5. The summed E-state index contributed by atoms with van der Waals surface area (Å²) in [5.41, 5.74) is 6.56. The number of hydrogen-bond donors (Lipinski definition) is 0. The highest BCUT2D eigenvalue weighted by molar-refractivity contribution is 5.81. The maximum Gasteiger partial charge on any atom is 0.126 e. The van der Waals surface area contributed by atoms with E-state index in [1.807, 2.05) is 13.8 Å². The molecule has 0 saturated heterocycles. The molecule has 0 amide bonds. The molecule has 3 nitrogen and oxygen atoms in total. The van der Waals surface area contributed by atoms with Crippen molar-refractivity contribution in [3.63, 3.8) is 0 Å². The maximum absolute atomic E-state index is 4.75. The van der Waals surface area contributed by atoms with E-state index >= 15 is 0 Å². The second-order valence-electron chi connectivity index (χ2n) is 4.96. The van der Waals surface area contributed by atoms with Crippen molar-refractivity contribution >= 4 is 11.0 Å². The summed E-state index contributed by atoms with van der Waals surface area (Å²) in [7, 11) is 0. The van der Waals surface area contributed by atoms with Crippen LogP contribution in [-0.2, 0) is 0 Å². The van der Waals surface area contributed by atoms with Crippen molar-refractivity contribution in [3.05, 3.63) is 28.3 Å². The van der Waals surface area contributed by atoms with Crippen molar-refractivity contribution in [3.8, 4) is 0 Å². The molecule has 0 spiro atoms. The van der Waals surface area contributed by atoms with E-state index in [-0.39, 0.29) is 0 Å². The molecule has 0 radical (unpaired) electrons. The lowest BCUT2D eigenvalue weighted by molar-refractivity contribution is 0.813. The lowest BCUT2D eigenvalue weighted by Gasteiger charge is -2.14. The minimum absolute atomic E-state index is 0.429. The predicted molar refractivity (Wildman–Crippen MR) is 70.4 cm³/mol. The summed E-state index contributed by atoms with van der Waals surface area (Å²) in [6, 6.07) is 0. The first-order chi connectivity index (χ1) is 7.91. The summed E-state index contributed by atoms with van der Waals surface area (Å²) in [6.07, 6.45) is 0. The van der Waals surface area contributed by atoms with E-state index in [9.17, 15) is 0 Å². The Morgan fingerprint density at radius 2 is 1.41 bits per heavy atom. The minimum atomic E-state index is 0.429. The van der Waals surface area contributed by atoms with Gasteiger partial charge >= 0.3 is 0 Å². The molecule has 0 aliphatic carbocycles. The quantitative estimate of drug-likeness (QED) is 0.752. The average Bonchev–Trinajstić information content (AvgIpc) is 2.23. The van der Waals surface area contributed by atoms with E-state index in [1.165, 1.54) is 11.1 Å². The minimum Gasteiger partial charge on any atom is -0.249 e. The molecule has 17 heavy (non-hydrogen) atoms. The van der Waals surface area contributed by atoms with Crippen molar-refractivity contribution < 1.29 is 0 Å². The summed E-state index contributed by atoms with van der Waals surface area (Å²) in [6.45, 7) is 12.5. The van der Waals surface area contributed by atoms with Gasteiger partial charge in [-0.3, -0.25) is 0 Å². The first-order valence-corrected chi connectivity index (χ1v) is 6.04. The van der Waals surface area contributed by atoms with Gasteiger partial charge < -0.3 is 0 Å². The number of hydrogen-bond acceptors (Lipinski definition) is 3. The molecule has 2 aromatic heterocycles.